The minimum absolute atomic E-state index is 0.0467. The maximum absolute atomic E-state index is 13.3. The first-order chi connectivity index (χ1) is 36.0. The van der Waals surface area contributed by atoms with E-state index in [4.69, 9.17) is 56.8 Å². The lowest BCUT2D eigenvalue weighted by Crippen LogP contribution is -2.68. The van der Waals surface area contributed by atoms with Crippen molar-refractivity contribution in [3.8, 4) is 0 Å². The van der Waals surface area contributed by atoms with Crippen LogP contribution >= 0.6 is 0 Å². The van der Waals surface area contributed by atoms with E-state index in [1.165, 1.54) is 71.9 Å². The van der Waals surface area contributed by atoms with E-state index in [1.54, 1.807) is 27.7 Å². The Morgan fingerprint density at radius 3 is 1.14 bits per heavy atom. The maximum atomic E-state index is 13.3. The lowest BCUT2D eigenvalue weighted by Gasteiger charge is -2.49. The molecule has 430 valence electrons. The van der Waals surface area contributed by atoms with E-state index >= 15 is 0 Å². The van der Waals surface area contributed by atoms with E-state index in [-0.39, 0.29) is 34.3 Å². The van der Waals surface area contributed by atoms with Gasteiger partial charge in [-0.1, -0.05) is 37.3 Å². The number of allylic oxidation sites excluding steroid dienone is 5. The summed E-state index contributed by atoms with van der Waals surface area (Å²) in [6, 6.07) is 0. The summed E-state index contributed by atoms with van der Waals surface area (Å²) in [4.78, 5) is 64.7. The third-order valence-corrected chi connectivity index (χ3v) is 13.3. The SMILES string of the molecule is C/C=C(\C)C(=O)OC[C@H]1O[C@H](O[C@H]2O[C@H](COC(=O)/C(C)=C/C)[C@@H](O)[C@H](O)[C@H]2O[C@@H]2O[C@H](CO)[C@@H](OC(=O)/C(=C/C)CC)[C@H](OC(=O)/C(C)=C/C)[C@H]2O)[C@H](O[C@@H]2O[C@H](CO)[C@@H](OC(=O)/C(C)=C/C)[C@H](O)[C@H]2O)[C@@H](O)[C@@H]1O. The molecule has 0 aromatic rings. The molecule has 4 fully saturated rings. The molecule has 0 aromatic heterocycles. The van der Waals surface area contributed by atoms with Gasteiger partial charge in [0.05, 0.1) is 13.2 Å². The Balaban J connectivity index is 1.82. The minimum atomic E-state index is -2.20. The lowest BCUT2D eigenvalue weighted by molar-refractivity contribution is -0.414. The van der Waals surface area contributed by atoms with E-state index in [9.17, 15) is 69.9 Å². The summed E-state index contributed by atoms with van der Waals surface area (Å²) in [5.41, 5.74) is 0.606. The zero-order valence-corrected chi connectivity index (χ0v) is 43.9. The summed E-state index contributed by atoms with van der Waals surface area (Å²) < 4.78 is 69.4. The van der Waals surface area contributed by atoms with Crippen LogP contribution in [0.1, 0.15) is 75.7 Å². The van der Waals surface area contributed by atoms with Crippen LogP contribution in [0.2, 0.25) is 0 Å². The first-order valence-corrected chi connectivity index (χ1v) is 24.7. The molecule has 4 heterocycles. The Bertz CT molecular complexity index is 2140. The standard InChI is InChI=1S/C50H74O26/c1-11-21(7)42(60)65-19-28-30(53)32(55)40(74-47-35(58)34(57)37(26(17-51)67-47)71-44(62)23(9)13-3)49(69-28)76-50-41(33(56)31(54)29(70-50)20-66-43(61)22(8)12-2)75-48-36(59)39(73-45(63)24(10)14-4)38(27(18-52)68-48)72-46(64)25(15-5)16-6/h11-15,26-41,47-59H,16-20H2,1-10H3/b21-11+,22-12+,23-13+,24-14+,25-15+/t26-,27-,28-,29-,30-,31-,32+,33+,34-,35-,36-,37-,38-,39-,40-,41-,47+,48+,49-,50-/m1/s1. The molecule has 4 aliphatic rings. The van der Waals surface area contributed by atoms with Gasteiger partial charge in [-0.25, -0.2) is 24.0 Å². The molecule has 0 aliphatic carbocycles. The molecule has 76 heavy (non-hydrogen) atoms. The number of esters is 5. The van der Waals surface area contributed by atoms with Crippen LogP contribution in [-0.4, -0.2) is 225 Å². The van der Waals surface area contributed by atoms with Gasteiger partial charge in [-0.05, 0) is 68.7 Å². The fourth-order valence-corrected chi connectivity index (χ4v) is 7.89. The Hall–Kier alpha value is -4.59. The second-order valence-electron chi connectivity index (χ2n) is 18.2. The first-order valence-electron chi connectivity index (χ1n) is 24.7. The quantitative estimate of drug-likeness (QED) is 0.0349. The topological polar surface area (TPSA) is 378 Å². The second-order valence-corrected chi connectivity index (χ2v) is 18.2. The Labute approximate surface area is 438 Å². The van der Waals surface area contributed by atoms with E-state index in [0.29, 0.717) is 0 Å². The molecular weight excluding hydrogens is 1020 g/mol. The summed E-state index contributed by atoms with van der Waals surface area (Å²) in [6.07, 6.45) is -32.0. The number of ether oxygens (including phenoxy) is 12. The van der Waals surface area contributed by atoms with Gasteiger partial charge in [0.1, 0.15) is 92.6 Å². The van der Waals surface area contributed by atoms with Crippen molar-refractivity contribution in [2.45, 2.75) is 198 Å². The fourth-order valence-electron chi connectivity index (χ4n) is 7.89. The van der Waals surface area contributed by atoms with E-state index in [1.807, 2.05) is 0 Å². The van der Waals surface area contributed by atoms with E-state index in [2.05, 4.69) is 0 Å². The minimum Gasteiger partial charge on any atom is -0.459 e. The van der Waals surface area contributed by atoms with E-state index < -0.39 is 179 Å². The molecule has 9 N–H and O–H groups in total. The molecule has 0 radical (unpaired) electrons. The monoisotopic (exact) mass is 1090 g/mol. The molecule has 4 rings (SSSR count). The molecule has 0 amide bonds. The van der Waals surface area contributed by atoms with Crippen molar-refractivity contribution < 1.29 is 127 Å². The number of aliphatic hydroxyl groups is 9. The van der Waals surface area contributed by atoms with Crippen molar-refractivity contribution in [2.24, 2.45) is 0 Å². The first kappa shape index (κ1) is 63.9. The van der Waals surface area contributed by atoms with Crippen molar-refractivity contribution >= 4 is 29.8 Å². The average molecular weight is 1090 g/mol. The maximum Gasteiger partial charge on any atom is 0.334 e. The molecule has 26 heteroatoms. The van der Waals surface area contributed by atoms with Gasteiger partial charge in [-0.15, -0.1) is 0 Å². The predicted octanol–water partition coefficient (Wildman–Crippen LogP) is -1.77. The summed E-state index contributed by atoms with van der Waals surface area (Å²) in [5, 5.41) is 102. The number of hydrogen-bond donors (Lipinski definition) is 9. The van der Waals surface area contributed by atoms with Gasteiger partial charge in [0.2, 0.25) is 0 Å². The highest BCUT2D eigenvalue weighted by molar-refractivity contribution is 5.90. The fraction of sp³-hybridized carbons (Fsp3) is 0.700. The molecule has 0 bridgehead atoms. The zero-order valence-electron chi connectivity index (χ0n) is 43.9. The van der Waals surface area contributed by atoms with Crippen LogP contribution in [-0.2, 0) is 80.8 Å². The summed E-state index contributed by atoms with van der Waals surface area (Å²) >= 11 is 0. The highest BCUT2D eigenvalue weighted by Crippen LogP contribution is 2.37. The van der Waals surface area contributed by atoms with Crippen LogP contribution in [0.15, 0.2) is 58.2 Å². The number of carbonyl (C=O) groups excluding carboxylic acids is 5. The van der Waals surface area contributed by atoms with Crippen molar-refractivity contribution in [3.05, 3.63) is 58.2 Å². The smallest absolute Gasteiger partial charge is 0.334 e. The molecule has 4 aliphatic heterocycles. The summed E-state index contributed by atoms with van der Waals surface area (Å²) in [5.74, 6) is -4.56. The molecule has 0 unspecified atom stereocenters. The van der Waals surface area contributed by atoms with Crippen molar-refractivity contribution in [3.63, 3.8) is 0 Å². The number of rotatable bonds is 21. The number of hydrogen-bond acceptors (Lipinski definition) is 26. The van der Waals surface area contributed by atoms with Crippen molar-refractivity contribution in [1.82, 2.24) is 0 Å². The molecule has 0 spiro atoms. The zero-order chi connectivity index (χ0) is 56.9. The highest BCUT2D eigenvalue weighted by Gasteiger charge is 2.57. The predicted molar refractivity (Wildman–Crippen MR) is 255 cm³/mol. The van der Waals surface area contributed by atoms with Gasteiger partial charge >= 0.3 is 29.8 Å². The van der Waals surface area contributed by atoms with Crippen LogP contribution in [0.5, 0.6) is 0 Å². The third kappa shape index (κ3) is 15.4. The Morgan fingerprint density at radius 1 is 0.395 bits per heavy atom. The van der Waals surface area contributed by atoms with Gasteiger partial charge in [-0.2, -0.15) is 0 Å². The van der Waals surface area contributed by atoms with Gasteiger partial charge < -0.3 is 103 Å². The van der Waals surface area contributed by atoms with Crippen LogP contribution in [0.3, 0.4) is 0 Å². The summed E-state index contributed by atoms with van der Waals surface area (Å²) in [6.45, 7) is 11.6. The second kappa shape index (κ2) is 29.4. The normalized spacial score (nSPS) is 37.0. The molecular formula is C50H74O26. The van der Waals surface area contributed by atoms with Crippen LogP contribution in [0.4, 0.5) is 0 Å². The highest BCUT2D eigenvalue weighted by atomic mass is 16.8. The van der Waals surface area contributed by atoms with Gasteiger partial charge in [0, 0.05) is 27.9 Å². The van der Waals surface area contributed by atoms with Crippen molar-refractivity contribution in [1.29, 1.82) is 0 Å². The van der Waals surface area contributed by atoms with Crippen molar-refractivity contribution in [2.75, 3.05) is 26.4 Å². The Morgan fingerprint density at radius 2 is 0.750 bits per heavy atom. The number of aliphatic hydroxyl groups excluding tert-OH is 9. The van der Waals surface area contributed by atoms with Crippen LogP contribution in [0.25, 0.3) is 0 Å². The average Bonchev–Trinajstić information content (AvgIpc) is 3.41. The van der Waals surface area contributed by atoms with E-state index in [0.717, 1.165) is 0 Å². The van der Waals surface area contributed by atoms with Gasteiger partial charge in [0.15, 0.2) is 43.5 Å². The lowest BCUT2D eigenvalue weighted by atomic mass is 9.96. The molecule has 26 nitrogen and oxygen atoms in total. The Kier molecular flexibility index (Phi) is 24.7. The van der Waals surface area contributed by atoms with Gasteiger partial charge in [-0.3, -0.25) is 0 Å². The molecule has 20 atom stereocenters. The summed E-state index contributed by atoms with van der Waals surface area (Å²) in [7, 11) is 0. The molecule has 0 saturated carbocycles. The molecule has 0 aromatic carbocycles. The molecule has 4 saturated heterocycles. The largest absolute Gasteiger partial charge is 0.459 e. The third-order valence-electron chi connectivity index (χ3n) is 13.3. The van der Waals surface area contributed by atoms with Gasteiger partial charge in [0.25, 0.3) is 0 Å². The van der Waals surface area contributed by atoms with Crippen LogP contribution in [0, 0.1) is 0 Å². The number of carbonyl (C=O) groups is 5. The van der Waals surface area contributed by atoms with Crippen LogP contribution < -0.4 is 0 Å².